The number of nitrogens with one attached hydrogen (secondary N) is 1. The number of nitrogen functional groups attached to an aromatic ring is 1. The van der Waals surface area contributed by atoms with Gasteiger partial charge in [-0.15, -0.1) is 11.8 Å². The Balaban J connectivity index is 2.73. The second-order valence-corrected chi connectivity index (χ2v) is 4.09. The minimum Gasteiger partial charge on any atom is -0.370 e. The summed E-state index contributed by atoms with van der Waals surface area (Å²) in [5, 5.41) is 4.12. The zero-order valence-electron chi connectivity index (χ0n) is 8.58. The van der Waals surface area contributed by atoms with Gasteiger partial charge in [-0.25, -0.2) is 4.98 Å². The van der Waals surface area contributed by atoms with Gasteiger partial charge in [0.25, 0.3) is 0 Å². The maximum atomic E-state index is 5.59. The molecule has 0 saturated carbocycles. The summed E-state index contributed by atoms with van der Waals surface area (Å²) in [4.78, 5) is 8.22. The summed E-state index contributed by atoms with van der Waals surface area (Å²) in [7, 11) is 0. The molecule has 1 aromatic rings. The Morgan fingerprint density at radius 3 is 2.86 bits per heavy atom. The molecule has 0 fully saturated rings. The van der Waals surface area contributed by atoms with Gasteiger partial charge in [0.2, 0.25) is 5.95 Å². The first kappa shape index (κ1) is 11.1. The van der Waals surface area contributed by atoms with Crippen molar-refractivity contribution in [2.75, 3.05) is 23.3 Å². The molecule has 0 aliphatic rings. The van der Waals surface area contributed by atoms with Crippen LogP contribution in [0.25, 0.3) is 0 Å². The van der Waals surface area contributed by atoms with Gasteiger partial charge in [-0.2, -0.15) is 4.98 Å². The van der Waals surface area contributed by atoms with Crippen LogP contribution in [-0.2, 0) is 0 Å². The van der Waals surface area contributed by atoms with Crippen LogP contribution < -0.4 is 11.1 Å². The summed E-state index contributed by atoms with van der Waals surface area (Å²) in [5.74, 6) is 2.14. The van der Waals surface area contributed by atoms with E-state index in [-0.39, 0.29) is 0 Å². The highest BCUT2D eigenvalue weighted by molar-refractivity contribution is 7.99. The molecule has 0 aliphatic heterocycles. The van der Waals surface area contributed by atoms with Crippen molar-refractivity contribution in [3.63, 3.8) is 0 Å². The van der Waals surface area contributed by atoms with E-state index in [9.17, 15) is 0 Å². The largest absolute Gasteiger partial charge is 0.370 e. The van der Waals surface area contributed by atoms with Gasteiger partial charge in [0.1, 0.15) is 10.8 Å². The molecule has 1 aromatic heterocycles. The van der Waals surface area contributed by atoms with Crippen LogP contribution in [0.5, 0.6) is 0 Å². The number of hydrogen-bond donors (Lipinski definition) is 2. The monoisotopic (exact) mass is 212 g/mol. The molecule has 1 heterocycles. The van der Waals surface area contributed by atoms with Gasteiger partial charge in [-0.1, -0.05) is 13.8 Å². The molecular weight excluding hydrogens is 196 g/mol. The number of nitrogens with two attached hydrogens (primary N) is 1. The quantitative estimate of drug-likeness (QED) is 0.577. The SMILES string of the molecule is CCCNc1cc(SCC)nc(N)n1. The van der Waals surface area contributed by atoms with Gasteiger partial charge in [0.05, 0.1) is 0 Å². The van der Waals surface area contributed by atoms with E-state index in [1.165, 1.54) is 0 Å². The third-order valence-electron chi connectivity index (χ3n) is 1.57. The smallest absolute Gasteiger partial charge is 0.223 e. The van der Waals surface area contributed by atoms with Gasteiger partial charge >= 0.3 is 0 Å². The Kier molecular flexibility index (Phi) is 4.52. The number of aromatic nitrogens is 2. The van der Waals surface area contributed by atoms with Crippen LogP contribution in [-0.4, -0.2) is 22.3 Å². The average molecular weight is 212 g/mol. The first-order chi connectivity index (χ1) is 6.76. The summed E-state index contributed by atoms with van der Waals surface area (Å²) >= 11 is 1.67. The lowest BCUT2D eigenvalue weighted by molar-refractivity contribution is 0.957. The van der Waals surface area contributed by atoms with Crippen molar-refractivity contribution in [2.24, 2.45) is 0 Å². The predicted molar refractivity (Wildman–Crippen MR) is 61.6 cm³/mol. The lowest BCUT2D eigenvalue weighted by Gasteiger charge is -2.06. The van der Waals surface area contributed by atoms with Crippen molar-refractivity contribution in [2.45, 2.75) is 25.3 Å². The number of nitrogens with zero attached hydrogens (tertiary/aromatic N) is 2. The molecule has 14 heavy (non-hydrogen) atoms. The standard InChI is InChI=1S/C9H16N4S/c1-3-5-11-7-6-8(14-4-2)13-9(10)12-7/h6H,3-5H2,1-2H3,(H3,10,11,12,13). The summed E-state index contributed by atoms with van der Waals surface area (Å²) in [6.07, 6.45) is 1.07. The first-order valence-corrected chi connectivity index (χ1v) is 5.76. The zero-order valence-corrected chi connectivity index (χ0v) is 9.40. The minimum atomic E-state index is 0.335. The van der Waals surface area contributed by atoms with Crippen molar-refractivity contribution in [1.82, 2.24) is 9.97 Å². The van der Waals surface area contributed by atoms with E-state index >= 15 is 0 Å². The molecule has 4 nitrogen and oxygen atoms in total. The number of rotatable bonds is 5. The van der Waals surface area contributed by atoms with Crippen molar-refractivity contribution in [3.8, 4) is 0 Å². The second kappa shape index (κ2) is 5.70. The Morgan fingerprint density at radius 1 is 1.43 bits per heavy atom. The fraction of sp³-hybridized carbons (Fsp3) is 0.556. The normalized spacial score (nSPS) is 10.1. The van der Waals surface area contributed by atoms with Crippen LogP contribution in [0.4, 0.5) is 11.8 Å². The Hall–Kier alpha value is -0.970. The average Bonchev–Trinajstić information content (AvgIpc) is 2.14. The highest BCUT2D eigenvalue weighted by Gasteiger charge is 2.01. The Bertz CT molecular complexity index is 290. The molecule has 0 unspecified atom stereocenters. The summed E-state index contributed by atoms with van der Waals surface area (Å²) in [6, 6.07) is 1.93. The zero-order chi connectivity index (χ0) is 10.4. The maximum Gasteiger partial charge on any atom is 0.223 e. The molecule has 0 aliphatic carbocycles. The van der Waals surface area contributed by atoms with Crippen molar-refractivity contribution >= 4 is 23.5 Å². The first-order valence-electron chi connectivity index (χ1n) is 4.77. The predicted octanol–water partition coefficient (Wildman–Crippen LogP) is 1.99. The number of thioether (sulfide) groups is 1. The Morgan fingerprint density at radius 2 is 2.21 bits per heavy atom. The van der Waals surface area contributed by atoms with Crippen LogP contribution in [0.2, 0.25) is 0 Å². The van der Waals surface area contributed by atoms with E-state index in [4.69, 9.17) is 5.73 Å². The summed E-state index contributed by atoms with van der Waals surface area (Å²) in [6.45, 7) is 5.11. The lowest BCUT2D eigenvalue weighted by atomic mass is 10.4. The Labute approximate surface area is 88.7 Å². The highest BCUT2D eigenvalue weighted by Crippen LogP contribution is 2.18. The fourth-order valence-corrected chi connectivity index (χ4v) is 1.66. The van der Waals surface area contributed by atoms with Crippen LogP contribution >= 0.6 is 11.8 Å². The molecule has 0 atom stereocenters. The number of anilines is 2. The molecule has 0 radical (unpaired) electrons. The van der Waals surface area contributed by atoms with Crippen molar-refractivity contribution in [1.29, 1.82) is 0 Å². The highest BCUT2D eigenvalue weighted by atomic mass is 32.2. The molecule has 0 amide bonds. The van der Waals surface area contributed by atoms with Crippen molar-refractivity contribution in [3.05, 3.63) is 6.07 Å². The molecule has 5 heteroatoms. The molecule has 0 saturated heterocycles. The van der Waals surface area contributed by atoms with E-state index < -0.39 is 0 Å². The number of hydrogen-bond acceptors (Lipinski definition) is 5. The van der Waals surface area contributed by atoms with Crippen LogP contribution in [0.15, 0.2) is 11.1 Å². The van der Waals surface area contributed by atoms with E-state index in [1.807, 2.05) is 6.07 Å². The molecule has 0 aromatic carbocycles. The minimum absolute atomic E-state index is 0.335. The van der Waals surface area contributed by atoms with Gasteiger partial charge < -0.3 is 11.1 Å². The summed E-state index contributed by atoms with van der Waals surface area (Å²) < 4.78 is 0. The van der Waals surface area contributed by atoms with Crippen LogP contribution in [0.1, 0.15) is 20.3 Å². The molecule has 78 valence electrons. The van der Waals surface area contributed by atoms with Gasteiger partial charge in [0.15, 0.2) is 0 Å². The van der Waals surface area contributed by atoms with E-state index in [2.05, 4.69) is 29.1 Å². The fourth-order valence-electron chi connectivity index (χ4n) is 1.01. The van der Waals surface area contributed by atoms with E-state index in [0.29, 0.717) is 5.95 Å². The van der Waals surface area contributed by atoms with Crippen LogP contribution in [0.3, 0.4) is 0 Å². The summed E-state index contributed by atoms with van der Waals surface area (Å²) in [5.41, 5.74) is 5.59. The van der Waals surface area contributed by atoms with Gasteiger partial charge in [-0.3, -0.25) is 0 Å². The molecule has 1 rings (SSSR count). The third-order valence-corrected chi connectivity index (χ3v) is 2.36. The maximum absolute atomic E-state index is 5.59. The third kappa shape index (κ3) is 3.41. The molecule has 0 bridgehead atoms. The van der Waals surface area contributed by atoms with Crippen molar-refractivity contribution < 1.29 is 0 Å². The molecule has 0 spiro atoms. The topological polar surface area (TPSA) is 63.8 Å². The lowest BCUT2D eigenvalue weighted by Crippen LogP contribution is -2.05. The van der Waals surface area contributed by atoms with Crippen LogP contribution in [0, 0.1) is 0 Å². The molecular formula is C9H16N4S. The molecule has 3 N–H and O–H groups in total. The second-order valence-electron chi connectivity index (χ2n) is 2.81. The van der Waals surface area contributed by atoms with Gasteiger partial charge in [0, 0.05) is 12.6 Å². The van der Waals surface area contributed by atoms with Gasteiger partial charge in [-0.05, 0) is 12.2 Å². The van der Waals surface area contributed by atoms with E-state index in [1.54, 1.807) is 11.8 Å². The van der Waals surface area contributed by atoms with E-state index in [0.717, 1.165) is 29.6 Å².